The first-order valence-corrected chi connectivity index (χ1v) is 7.59. The number of aliphatic hydroxyl groups is 1. The molecule has 2 rings (SSSR count). The van der Waals surface area contributed by atoms with Gasteiger partial charge in [0.2, 0.25) is 0 Å². The average Bonchev–Trinajstić information content (AvgIpc) is 2.51. The topological polar surface area (TPSA) is 55.8 Å². The molecule has 0 heterocycles. The number of halogens is 1. The second-order valence-electron chi connectivity index (χ2n) is 4.94. The highest BCUT2D eigenvalue weighted by Gasteiger charge is 2.13. The minimum atomic E-state index is -0.908. The van der Waals surface area contributed by atoms with Crippen LogP contribution in [0.5, 0.6) is 5.75 Å². The number of aliphatic hydroxyl groups excluding tert-OH is 1. The number of rotatable bonds is 6. The lowest BCUT2D eigenvalue weighted by molar-refractivity contribution is -0.142. The summed E-state index contributed by atoms with van der Waals surface area (Å²) in [5, 5.41) is 11.8. The third-order valence-electron chi connectivity index (χ3n) is 3.01. The summed E-state index contributed by atoms with van der Waals surface area (Å²) in [6, 6.07) is 11.7. The minimum absolute atomic E-state index is 0.0239. The van der Waals surface area contributed by atoms with E-state index in [4.69, 9.17) is 9.47 Å². The van der Waals surface area contributed by atoms with Crippen LogP contribution in [0, 0.1) is 0 Å². The average molecular weight is 365 g/mol. The van der Waals surface area contributed by atoms with Crippen LogP contribution in [0.25, 0.3) is 10.8 Å². The van der Waals surface area contributed by atoms with Crippen LogP contribution in [0.2, 0.25) is 0 Å². The van der Waals surface area contributed by atoms with Crippen molar-refractivity contribution >= 4 is 32.7 Å². The van der Waals surface area contributed by atoms with Crippen molar-refractivity contribution in [1.29, 1.82) is 0 Å². The second kappa shape index (κ2) is 7.42. The molecule has 0 aliphatic carbocycles. The first-order chi connectivity index (χ1) is 10.5. The van der Waals surface area contributed by atoms with E-state index >= 15 is 0 Å². The zero-order valence-corrected chi connectivity index (χ0v) is 13.8. The molecule has 1 unspecified atom stereocenters. The fourth-order valence-electron chi connectivity index (χ4n) is 1.89. The summed E-state index contributed by atoms with van der Waals surface area (Å²) in [6.45, 7) is 4.93. The molecule has 2 aromatic rings. The van der Waals surface area contributed by atoms with Gasteiger partial charge in [0.1, 0.15) is 25.1 Å². The molecule has 0 spiro atoms. The van der Waals surface area contributed by atoms with E-state index in [-0.39, 0.29) is 13.2 Å². The van der Waals surface area contributed by atoms with Crippen molar-refractivity contribution < 1.29 is 19.4 Å². The van der Waals surface area contributed by atoms with Crippen LogP contribution in [0.15, 0.2) is 53.0 Å². The highest BCUT2D eigenvalue weighted by Crippen LogP contribution is 2.33. The molecular formula is C17H17BrO4. The molecule has 22 heavy (non-hydrogen) atoms. The van der Waals surface area contributed by atoms with Crippen molar-refractivity contribution in [3.05, 3.63) is 53.0 Å². The number of ether oxygens (including phenoxy) is 2. The van der Waals surface area contributed by atoms with Crippen LogP contribution >= 0.6 is 15.9 Å². The molecule has 1 N–H and O–H groups in total. The molecule has 0 aliphatic heterocycles. The Labute approximate surface area is 137 Å². The number of esters is 1. The Hall–Kier alpha value is -1.85. The Morgan fingerprint density at radius 2 is 2.00 bits per heavy atom. The summed E-state index contributed by atoms with van der Waals surface area (Å²) in [5.74, 6) is 0.133. The van der Waals surface area contributed by atoms with E-state index in [0.717, 1.165) is 15.2 Å². The van der Waals surface area contributed by atoms with Crippen LogP contribution in [0.4, 0.5) is 0 Å². The summed E-state index contributed by atoms with van der Waals surface area (Å²) < 4.78 is 11.4. The largest absolute Gasteiger partial charge is 0.489 e. The van der Waals surface area contributed by atoms with Gasteiger partial charge in [0.15, 0.2) is 0 Å². The van der Waals surface area contributed by atoms with Crippen LogP contribution in [-0.2, 0) is 9.53 Å². The summed E-state index contributed by atoms with van der Waals surface area (Å²) in [7, 11) is 0. The van der Waals surface area contributed by atoms with Gasteiger partial charge in [-0.05, 0) is 34.3 Å². The number of carbonyl (C=O) groups is 1. The third-order valence-corrected chi connectivity index (χ3v) is 3.63. The van der Waals surface area contributed by atoms with E-state index in [2.05, 4.69) is 22.5 Å². The predicted molar refractivity (Wildman–Crippen MR) is 88.9 cm³/mol. The molecule has 2 aromatic carbocycles. The third kappa shape index (κ3) is 4.08. The van der Waals surface area contributed by atoms with Crippen molar-refractivity contribution in [3.63, 3.8) is 0 Å². The van der Waals surface area contributed by atoms with Gasteiger partial charge >= 0.3 is 5.97 Å². The predicted octanol–water partition coefficient (Wildman–Crippen LogP) is 3.46. The van der Waals surface area contributed by atoms with Gasteiger partial charge in [-0.3, -0.25) is 0 Å². The van der Waals surface area contributed by atoms with E-state index < -0.39 is 12.1 Å². The second-order valence-corrected chi connectivity index (χ2v) is 5.80. The van der Waals surface area contributed by atoms with Crippen molar-refractivity contribution in [2.75, 3.05) is 13.2 Å². The van der Waals surface area contributed by atoms with Crippen LogP contribution < -0.4 is 4.74 Å². The van der Waals surface area contributed by atoms with Gasteiger partial charge in [0, 0.05) is 11.0 Å². The van der Waals surface area contributed by atoms with Gasteiger partial charge in [-0.2, -0.15) is 0 Å². The van der Waals surface area contributed by atoms with E-state index in [1.54, 1.807) is 6.92 Å². The van der Waals surface area contributed by atoms with Gasteiger partial charge in [-0.1, -0.05) is 36.9 Å². The molecule has 0 aromatic heterocycles. The monoisotopic (exact) mass is 364 g/mol. The van der Waals surface area contributed by atoms with Gasteiger partial charge in [-0.25, -0.2) is 4.79 Å². The highest BCUT2D eigenvalue weighted by atomic mass is 79.9. The molecule has 0 saturated heterocycles. The van der Waals surface area contributed by atoms with Crippen molar-refractivity contribution in [2.24, 2.45) is 0 Å². The summed E-state index contributed by atoms with van der Waals surface area (Å²) in [5.41, 5.74) is 0.296. The summed E-state index contributed by atoms with van der Waals surface area (Å²) in [4.78, 5) is 11.3. The Morgan fingerprint density at radius 3 is 2.73 bits per heavy atom. The van der Waals surface area contributed by atoms with E-state index in [1.165, 1.54) is 0 Å². The van der Waals surface area contributed by atoms with Gasteiger partial charge < -0.3 is 14.6 Å². The molecule has 4 nitrogen and oxygen atoms in total. The van der Waals surface area contributed by atoms with Crippen molar-refractivity contribution in [2.45, 2.75) is 13.0 Å². The van der Waals surface area contributed by atoms with Gasteiger partial charge in [-0.15, -0.1) is 0 Å². The molecule has 0 aliphatic rings. The normalized spacial score (nSPS) is 12.0. The minimum Gasteiger partial charge on any atom is -0.489 e. The lowest BCUT2D eigenvalue weighted by Gasteiger charge is -2.15. The Kier molecular flexibility index (Phi) is 5.57. The number of carbonyl (C=O) groups excluding carboxylic acids is 1. The van der Waals surface area contributed by atoms with Crippen LogP contribution in [0.3, 0.4) is 0 Å². The van der Waals surface area contributed by atoms with Gasteiger partial charge in [0.05, 0.1) is 4.47 Å². The fraction of sp³-hybridized carbons (Fsp3) is 0.235. The molecule has 1 atom stereocenters. The standard InChI is InChI=1S/C17H17BrO4/c1-11(2)17(20)22-10-13(19)9-21-16-14-6-4-3-5-12(14)7-8-15(16)18/h3-8,13,19H,1,9-10H2,2H3. The molecule has 0 saturated carbocycles. The van der Waals surface area contributed by atoms with E-state index in [9.17, 15) is 9.90 Å². The first kappa shape index (κ1) is 16.5. The maximum Gasteiger partial charge on any atom is 0.333 e. The van der Waals surface area contributed by atoms with Crippen molar-refractivity contribution in [3.8, 4) is 5.75 Å². The smallest absolute Gasteiger partial charge is 0.333 e. The maximum atomic E-state index is 11.3. The maximum absolute atomic E-state index is 11.3. The lowest BCUT2D eigenvalue weighted by atomic mass is 10.1. The molecule has 0 radical (unpaired) electrons. The SMILES string of the molecule is C=C(C)C(=O)OCC(O)COc1c(Br)ccc2ccccc12. The molecule has 0 bridgehead atoms. The Morgan fingerprint density at radius 1 is 1.27 bits per heavy atom. The Balaban J connectivity index is 2.01. The molecular weight excluding hydrogens is 348 g/mol. The molecule has 0 fully saturated rings. The Bertz CT molecular complexity index is 696. The van der Waals surface area contributed by atoms with E-state index in [0.29, 0.717) is 11.3 Å². The summed E-state index contributed by atoms with van der Waals surface area (Å²) >= 11 is 3.45. The molecule has 0 amide bonds. The van der Waals surface area contributed by atoms with Crippen LogP contribution in [0.1, 0.15) is 6.92 Å². The fourth-order valence-corrected chi connectivity index (χ4v) is 2.35. The number of fused-ring (bicyclic) bond motifs is 1. The van der Waals surface area contributed by atoms with E-state index in [1.807, 2.05) is 36.4 Å². The zero-order valence-electron chi connectivity index (χ0n) is 12.2. The van der Waals surface area contributed by atoms with Crippen LogP contribution in [-0.4, -0.2) is 30.4 Å². The number of hydrogen-bond donors (Lipinski definition) is 1. The number of benzene rings is 2. The lowest BCUT2D eigenvalue weighted by Crippen LogP contribution is -2.25. The highest BCUT2D eigenvalue weighted by molar-refractivity contribution is 9.10. The molecule has 5 heteroatoms. The van der Waals surface area contributed by atoms with Gasteiger partial charge in [0.25, 0.3) is 0 Å². The molecule has 116 valence electrons. The van der Waals surface area contributed by atoms with Crippen molar-refractivity contribution in [1.82, 2.24) is 0 Å². The quantitative estimate of drug-likeness (QED) is 0.629. The zero-order chi connectivity index (χ0) is 16.1. The first-order valence-electron chi connectivity index (χ1n) is 6.79. The summed E-state index contributed by atoms with van der Waals surface area (Å²) in [6.07, 6.45) is -0.908. The number of hydrogen-bond acceptors (Lipinski definition) is 4.